The Kier molecular flexibility index (Phi) is 5.67. The van der Waals surface area contributed by atoms with Crippen LogP contribution in [-0.2, 0) is 6.54 Å². The molecule has 4 rings (SSSR count). The van der Waals surface area contributed by atoms with E-state index in [9.17, 15) is 4.79 Å². The lowest BCUT2D eigenvalue weighted by Gasteiger charge is -2.22. The van der Waals surface area contributed by atoms with E-state index in [-0.39, 0.29) is 24.0 Å². The lowest BCUT2D eigenvalue weighted by atomic mass is 9.99. The SMILES string of the molecule is Cl.O=c1n(Cc2cscn2)nc(C2CCCNC2)n1-c1ccccc1. The molecule has 0 amide bonds. The van der Waals surface area contributed by atoms with Crippen LogP contribution in [0.25, 0.3) is 5.69 Å². The van der Waals surface area contributed by atoms with Gasteiger partial charge < -0.3 is 5.32 Å². The van der Waals surface area contributed by atoms with E-state index in [4.69, 9.17) is 0 Å². The van der Waals surface area contributed by atoms with Crippen molar-refractivity contribution in [3.8, 4) is 5.69 Å². The molecule has 1 unspecified atom stereocenters. The van der Waals surface area contributed by atoms with Crippen LogP contribution in [0.4, 0.5) is 0 Å². The third-order valence-corrected chi connectivity index (χ3v) is 4.97. The van der Waals surface area contributed by atoms with Crippen molar-refractivity contribution in [3.05, 3.63) is 63.2 Å². The number of hydrogen-bond donors (Lipinski definition) is 1. The standard InChI is InChI=1S/C17H19N5OS.ClH/c23-17-21(10-14-11-24-12-19-14)20-16(13-5-4-8-18-9-13)22(17)15-6-2-1-3-7-15;/h1-3,6-7,11-13,18H,4-5,8-10H2;1H. The minimum atomic E-state index is -0.102. The number of nitrogens with zero attached hydrogens (tertiary/aromatic N) is 4. The summed E-state index contributed by atoms with van der Waals surface area (Å²) in [5.74, 6) is 1.09. The first-order valence-corrected chi connectivity index (χ1v) is 9.10. The Morgan fingerprint density at radius 2 is 2.12 bits per heavy atom. The topological polar surface area (TPSA) is 64.7 Å². The minimum absolute atomic E-state index is 0. The third-order valence-electron chi connectivity index (χ3n) is 4.34. The van der Waals surface area contributed by atoms with E-state index in [2.05, 4.69) is 15.4 Å². The van der Waals surface area contributed by atoms with Gasteiger partial charge in [-0.3, -0.25) is 0 Å². The smallest absolute Gasteiger partial charge is 0.316 e. The molecule has 1 aromatic carbocycles. The maximum Gasteiger partial charge on any atom is 0.350 e. The van der Waals surface area contributed by atoms with Crippen LogP contribution in [0, 0.1) is 0 Å². The summed E-state index contributed by atoms with van der Waals surface area (Å²) >= 11 is 1.53. The average molecular weight is 378 g/mol. The van der Waals surface area contributed by atoms with Crippen LogP contribution in [0.3, 0.4) is 0 Å². The van der Waals surface area contributed by atoms with Crippen molar-refractivity contribution in [1.29, 1.82) is 0 Å². The van der Waals surface area contributed by atoms with Crippen molar-refractivity contribution in [2.75, 3.05) is 13.1 Å². The zero-order valence-electron chi connectivity index (χ0n) is 13.7. The Hall–Kier alpha value is -1.96. The zero-order valence-corrected chi connectivity index (χ0v) is 15.3. The monoisotopic (exact) mass is 377 g/mol. The van der Waals surface area contributed by atoms with E-state index in [1.807, 2.05) is 35.7 Å². The van der Waals surface area contributed by atoms with Gasteiger partial charge in [-0.15, -0.1) is 23.7 Å². The van der Waals surface area contributed by atoms with Gasteiger partial charge in [0.1, 0.15) is 5.82 Å². The van der Waals surface area contributed by atoms with E-state index in [0.717, 1.165) is 43.1 Å². The number of benzene rings is 1. The van der Waals surface area contributed by atoms with Gasteiger partial charge in [-0.2, -0.15) is 5.10 Å². The molecule has 1 saturated heterocycles. The van der Waals surface area contributed by atoms with Gasteiger partial charge in [0.25, 0.3) is 0 Å². The van der Waals surface area contributed by atoms with Gasteiger partial charge in [-0.05, 0) is 31.5 Å². The zero-order chi connectivity index (χ0) is 16.4. The van der Waals surface area contributed by atoms with Crippen LogP contribution >= 0.6 is 23.7 Å². The molecule has 1 fully saturated rings. The quantitative estimate of drug-likeness (QED) is 0.758. The van der Waals surface area contributed by atoms with Crippen molar-refractivity contribution >= 4 is 23.7 Å². The molecule has 25 heavy (non-hydrogen) atoms. The number of aromatic nitrogens is 4. The molecule has 3 heterocycles. The van der Waals surface area contributed by atoms with E-state index in [0.29, 0.717) is 6.54 Å². The molecule has 0 saturated carbocycles. The van der Waals surface area contributed by atoms with E-state index in [1.165, 1.54) is 16.0 Å². The minimum Gasteiger partial charge on any atom is -0.316 e. The van der Waals surface area contributed by atoms with E-state index < -0.39 is 0 Å². The highest BCUT2D eigenvalue weighted by molar-refractivity contribution is 7.07. The summed E-state index contributed by atoms with van der Waals surface area (Å²) in [6.45, 7) is 2.31. The first kappa shape index (κ1) is 17.8. The van der Waals surface area contributed by atoms with Crippen molar-refractivity contribution in [2.45, 2.75) is 25.3 Å². The number of rotatable bonds is 4. The number of nitrogens with one attached hydrogen (secondary N) is 1. The van der Waals surface area contributed by atoms with E-state index in [1.54, 1.807) is 10.1 Å². The Morgan fingerprint density at radius 3 is 2.80 bits per heavy atom. The number of piperidine rings is 1. The number of para-hydroxylation sites is 1. The second-order valence-electron chi connectivity index (χ2n) is 5.99. The first-order chi connectivity index (χ1) is 11.8. The molecule has 0 aliphatic carbocycles. The molecule has 6 nitrogen and oxygen atoms in total. The van der Waals surface area contributed by atoms with Gasteiger partial charge in [0.2, 0.25) is 0 Å². The number of hydrogen-bond acceptors (Lipinski definition) is 5. The van der Waals surface area contributed by atoms with Crippen LogP contribution < -0.4 is 11.0 Å². The predicted molar refractivity (Wildman–Crippen MR) is 101 cm³/mol. The maximum atomic E-state index is 13.0. The average Bonchev–Trinajstić information content (AvgIpc) is 3.25. The first-order valence-electron chi connectivity index (χ1n) is 8.16. The maximum absolute atomic E-state index is 13.0. The molecule has 1 aliphatic rings. The summed E-state index contributed by atoms with van der Waals surface area (Å²) in [6.07, 6.45) is 2.15. The lowest BCUT2D eigenvalue weighted by Crippen LogP contribution is -2.31. The predicted octanol–water partition coefficient (Wildman–Crippen LogP) is 2.43. The molecular formula is C17H20ClN5OS. The fourth-order valence-electron chi connectivity index (χ4n) is 3.15. The van der Waals surface area contributed by atoms with Crippen LogP contribution in [0.15, 0.2) is 46.0 Å². The molecule has 3 aromatic rings. The van der Waals surface area contributed by atoms with Crippen molar-refractivity contribution < 1.29 is 0 Å². The van der Waals surface area contributed by atoms with Crippen molar-refractivity contribution in [2.24, 2.45) is 0 Å². The van der Waals surface area contributed by atoms with Crippen molar-refractivity contribution in [3.63, 3.8) is 0 Å². The van der Waals surface area contributed by atoms with Crippen LogP contribution in [0.2, 0.25) is 0 Å². The summed E-state index contributed by atoms with van der Waals surface area (Å²) in [5.41, 5.74) is 3.41. The van der Waals surface area contributed by atoms with Gasteiger partial charge in [0.05, 0.1) is 23.4 Å². The molecule has 8 heteroatoms. The molecular weight excluding hydrogens is 358 g/mol. The van der Waals surface area contributed by atoms with E-state index >= 15 is 0 Å². The fourth-order valence-corrected chi connectivity index (χ4v) is 3.70. The van der Waals surface area contributed by atoms with Crippen molar-refractivity contribution in [1.82, 2.24) is 24.6 Å². The largest absolute Gasteiger partial charge is 0.350 e. The summed E-state index contributed by atoms with van der Waals surface area (Å²) in [6, 6.07) is 9.76. The Bertz CT molecular complexity index is 853. The lowest BCUT2D eigenvalue weighted by molar-refractivity contribution is 0.439. The normalized spacial score (nSPS) is 17.2. The van der Waals surface area contributed by atoms with Crippen LogP contribution in [0.1, 0.15) is 30.3 Å². The van der Waals surface area contributed by atoms with Gasteiger partial charge >= 0.3 is 5.69 Å². The summed E-state index contributed by atoms with van der Waals surface area (Å²) in [4.78, 5) is 17.3. The number of halogens is 1. The molecule has 1 aliphatic heterocycles. The molecule has 132 valence electrons. The Balaban J connectivity index is 0.00000182. The number of thiazole rings is 1. The molecule has 1 N–H and O–H groups in total. The second-order valence-corrected chi connectivity index (χ2v) is 6.71. The van der Waals surface area contributed by atoms with Gasteiger partial charge in [0, 0.05) is 17.8 Å². The summed E-state index contributed by atoms with van der Waals surface area (Å²) in [5, 5.41) is 10.0. The highest BCUT2D eigenvalue weighted by Gasteiger charge is 2.24. The highest BCUT2D eigenvalue weighted by Crippen LogP contribution is 2.23. The molecule has 0 bridgehead atoms. The second kappa shape index (κ2) is 7.95. The molecule has 1 atom stereocenters. The summed E-state index contributed by atoms with van der Waals surface area (Å²) < 4.78 is 3.29. The highest BCUT2D eigenvalue weighted by atomic mass is 35.5. The molecule has 2 aromatic heterocycles. The van der Waals surface area contributed by atoms with Gasteiger partial charge in [-0.25, -0.2) is 19.0 Å². The molecule has 0 radical (unpaired) electrons. The fraction of sp³-hybridized carbons (Fsp3) is 0.353. The molecule has 0 spiro atoms. The third kappa shape index (κ3) is 3.68. The Morgan fingerprint density at radius 1 is 1.28 bits per heavy atom. The summed E-state index contributed by atoms with van der Waals surface area (Å²) in [7, 11) is 0. The van der Waals surface area contributed by atoms with Crippen LogP contribution in [0.5, 0.6) is 0 Å². The Labute approximate surface area is 155 Å². The van der Waals surface area contributed by atoms with Gasteiger partial charge in [0.15, 0.2) is 0 Å². The van der Waals surface area contributed by atoms with Crippen LogP contribution in [-0.4, -0.2) is 32.4 Å². The van der Waals surface area contributed by atoms with Gasteiger partial charge in [-0.1, -0.05) is 18.2 Å².